The molecule has 1 spiro atoms. The number of hydrogen-bond acceptors (Lipinski definition) is 2. The molecule has 0 atom stereocenters. The van der Waals surface area contributed by atoms with Crippen molar-refractivity contribution in [2.75, 3.05) is 18.0 Å². The van der Waals surface area contributed by atoms with Crippen molar-refractivity contribution >= 4 is 11.7 Å². The molecule has 2 aliphatic rings. The Hall–Kier alpha value is -1.51. The Morgan fingerprint density at radius 2 is 1.79 bits per heavy atom. The van der Waals surface area contributed by atoms with E-state index in [4.69, 9.17) is 0 Å². The minimum atomic E-state index is -0.817. The van der Waals surface area contributed by atoms with Gasteiger partial charge in [0.05, 0.1) is 5.41 Å². The highest BCUT2D eigenvalue weighted by atomic mass is 16.4. The number of aliphatic carboxylic acids is 1. The summed E-state index contributed by atoms with van der Waals surface area (Å²) in [5.74, 6) is -0.780. The maximum absolute atomic E-state index is 11.2. The Labute approximate surface area is 114 Å². The Morgan fingerprint density at radius 3 is 2.21 bits per heavy atom. The molecule has 2 fully saturated rings. The largest absolute Gasteiger partial charge is 0.481 e. The summed E-state index contributed by atoms with van der Waals surface area (Å²) in [7, 11) is 0. The van der Waals surface area contributed by atoms with E-state index in [-0.39, 0.29) is 0 Å². The minimum Gasteiger partial charge on any atom is -0.481 e. The summed E-state index contributed by atoms with van der Waals surface area (Å²) in [6, 6.07) is 8.03. The molecule has 19 heavy (non-hydrogen) atoms. The first-order valence-electron chi connectivity index (χ1n) is 7.02. The fraction of sp³-hybridized carbons (Fsp3) is 0.562. The third-order valence-electron chi connectivity index (χ3n) is 4.96. The van der Waals surface area contributed by atoms with Crippen molar-refractivity contribution < 1.29 is 9.90 Å². The SMILES string of the molecule is CC(C)(C(=O)O)c1ccc(N2CC3(CCC3)C2)cc1. The molecule has 0 aromatic heterocycles. The fourth-order valence-corrected chi connectivity index (χ4v) is 3.15. The summed E-state index contributed by atoms with van der Waals surface area (Å²) in [6.45, 7) is 5.85. The monoisotopic (exact) mass is 259 g/mol. The number of benzene rings is 1. The van der Waals surface area contributed by atoms with Crippen LogP contribution in [0.5, 0.6) is 0 Å². The molecule has 3 rings (SSSR count). The number of rotatable bonds is 3. The van der Waals surface area contributed by atoms with Crippen LogP contribution in [0.3, 0.4) is 0 Å². The predicted octanol–water partition coefficient (Wildman–Crippen LogP) is 3.04. The molecule has 1 saturated heterocycles. The number of carbonyl (C=O) groups is 1. The van der Waals surface area contributed by atoms with Gasteiger partial charge in [-0.05, 0) is 44.4 Å². The molecule has 1 saturated carbocycles. The van der Waals surface area contributed by atoms with Gasteiger partial charge in [0.2, 0.25) is 0 Å². The average molecular weight is 259 g/mol. The molecule has 1 aliphatic heterocycles. The van der Waals surface area contributed by atoms with Gasteiger partial charge in [0.15, 0.2) is 0 Å². The van der Waals surface area contributed by atoms with Crippen molar-refractivity contribution in [1.82, 2.24) is 0 Å². The van der Waals surface area contributed by atoms with Gasteiger partial charge in [0.25, 0.3) is 0 Å². The first kappa shape index (κ1) is 12.5. The number of carboxylic acids is 1. The zero-order valence-corrected chi connectivity index (χ0v) is 11.6. The van der Waals surface area contributed by atoms with Crippen LogP contribution in [-0.2, 0) is 10.2 Å². The summed E-state index contributed by atoms with van der Waals surface area (Å²) in [5, 5.41) is 9.23. The standard InChI is InChI=1S/C16H21NO2/c1-15(2,14(18)19)12-4-6-13(7-5-12)17-10-16(11-17)8-3-9-16/h4-7H,3,8-11H2,1-2H3,(H,18,19). The Kier molecular flexibility index (Phi) is 2.63. The first-order valence-corrected chi connectivity index (χ1v) is 7.02. The average Bonchev–Trinajstić information content (AvgIpc) is 2.25. The third kappa shape index (κ3) is 1.92. The van der Waals surface area contributed by atoms with Crippen molar-refractivity contribution in [2.24, 2.45) is 5.41 Å². The summed E-state index contributed by atoms with van der Waals surface area (Å²) in [6.07, 6.45) is 4.15. The molecule has 3 nitrogen and oxygen atoms in total. The van der Waals surface area contributed by atoms with Crippen molar-refractivity contribution in [3.63, 3.8) is 0 Å². The zero-order valence-electron chi connectivity index (χ0n) is 11.6. The van der Waals surface area contributed by atoms with Crippen LogP contribution in [0.4, 0.5) is 5.69 Å². The fourth-order valence-electron chi connectivity index (χ4n) is 3.15. The number of hydrogen-bond donors (Lipinski definition) is 1. The van der Waals surface area contributed by atoms with E-state index in [1.807, 2.05) is 12.1 Å². The molecule has 1 aromatic rings. The van der Waals surface area contributed by atoms with Crippen molar-refractivity contribution in [3.8, 4) is 0 Å². The van der Waals surface area contributed by atoms with Gasteiger partial charge in [-0.1, -0.05) is 18.6 Å². The lowest BCUT2D eigenvalue weighted by molar-refractivity contribution is -0.142. The molecular formula is C16H21NO2. The smallest absolute Gasteiger partial charge is 0.313 e. The molecule has 0 unspecified atom stereocenters. The molecular weight excluding hydrogens is 238 g/mol. The van der Waals surface area contributed by atoms with Gasteiger partial charge in [-0.3, -0.25) is 4.79 Å². The van der Waals surface area contributed by atoms with Crippen molar-refractivity contribution in [3.05, 3.63) is 29.8 Å². The number of anilines is 1. The maximum Gasteiger partial charge on any atom is 0.313 e. The molecule has 0 bridgehead atoms. The van der Waals surface area contributed by atoms with Crippen LogP contribution in [0.15, 0.2) is 24.3 Å². The molecule has 102 valence electrons. The topological polar surface area (TPSA) is 40.5 Å². The van der Waals surface area contributed by atoms with Gasteiger partial charge in [-0.2, -0.15) is 0 Å². The highest BCUT2D eigenvalue weighted by molar-refractivity contribution is 5.80. The van der Waals surface area contributed by atoms with E-state index >= 15 is 0 Å². The Bertz CT molecular complexity index is 492. The first-order chi connectivity index (χ1) is 8.93. The normalized spacial score (nSPS) is 20.8. The summed E-state index contributed by atoms with van der Waals surface area (Å²) < 4.78 is 0. The number of nitrogens with zero attached hydrogens (tertiary/aromatic N) is 1. The molecule has 0 amide bonds. The van der Waals surface area contributed by atoms with E-state index in [0.717, 1.165) is 5.56 Å². The molecule has 0 radical (unpaired) electrons. The van der Waals surface area contributed by atoms with Gasteiger partial charge < -0.3 is 10.0 Å². The predicted molar refractivity (Wildman–Crippen MR) is 75.6 cm³/mol. The second kappa shape index (κ2) is 3.99. The second-order valence-corrected chi connectivity index (χ2v) is 6.69. The van der Waals surface area contributed by atoms with Gasteiger partial charge in [0, 0.05) is 24.2 Å². The third-order valence-corrected chi connectivity index (χ3v) is 4.96. The van der Waals surface area contributed by atoms with Crippen molar-refractivity contribution in [2.45, 2.75) is 38.5 Å². The van der Waals surface area contributed by atoms with Crippen LogP contribution in [0.1, 0.15) is 38.7 Å². The van der Waals surface area contributed by atoms with Crippen LogP contribution >= 0.6 is 0 Å². The Morgan fingerprint density at radius 1 is 1.21 bits per heavy atom. The summed E-state index contributed by atoms with van der Waals surface area (Å²) in [4.78, 5) is 13.6. The number of carboxylic acid groups (broad SMARTS) is 1. The molecule has 3 heteroatoms. The molecule has 1 aliphatic carbocycles. The van der Waals surface area contributed by atoms with Crippen LogP contribution in [-0.4, -0.2) is 24.2 Å². The molecule has 1 N–H and O–H groups in total. The lowest BCUT2D eigenvalue weighted by Gasteiger charge is -2.57. The van der Waals surface area contributed by atoms with E-state index in [1.165, 1.54) is 38.0 Å². The lowest BCUT2D eigenvalue weighted by Crippen LogP contribution is -2.59. The van der Waals surface area contributed by atoms with Crippen LogP contribution in [0, 0.1) is 5.41 Å². The van der Waals surface area contributed by atoms with Gasteiger partial charge in [-0.15, -0.1) is 0 Å². The van der Waals surface area contributed by atoms with E-state index < -0.39 is 11.4 Å². The molecule has 1 heterocycles. The minimum absolute atomic E-state index is 0.624. The maximum atomic E-state index is 11.2. The quantitative estimate of drug-likeness (QED) is 0.907. The van der Waals surface area contributed by atoms with Gasteiger partial charge in [-0.25, -0.2) is 0 Å². The summed E-state index contributed by atoms with van der Waals surface area (Å²) in [5.41, 5.74) is 1.90. The summed E-state index contributed by atoms with van der Waals surface area (Å²) >= 11 is 0. The molecule has 1 aromatic carbocycles. The highest BCUT2D eigenvalue weighted by Crippen LogP contribution is 2.49. The lowest BCUT2D eigenvalue weighted by atomic mass is 9.63. The van der Waals surface area contributed by atoms with Crippen LogP contribution in [0.25, 0.3) is 0 Å². The highest BCUT2D eigenvalue weighted by Gasteiger charge is 2.47. The zero-order chi connectivity index (χ0) is 13.7. The Balaban J connectivity index is 1.71. The van der Waals surface area contributed by atoms with Crippen LogP contribution in [0.2, 0.25) is 0 Å². The van der Waals surface area contributed by atoms with E-state index in [2.05, 4.69) is 17.0 Å². The van der Waals surface area contributed by atoms with E-state index in [1.54, 1.807) is 13.8 Å². The van der Waals surface area contributed by atoms with Crippen LogP contribution < -0.4 is 4.90 Å². The van der Waals surface area contributed by atoms with Gasteiger partial charge in [0.1, 0.15) is 0 Å². The second-order valence-electron chi connectivity index (χ2n) is 6.69. The van der Waals surface area contributed by atoms with E-state index in [0.29, 0.717) is 5.41 Å². The van der Waals surface area contributed by atoms with Gasteiger partial charge >= 0.3 is 5.97 Å². The van der Waals surface area contributed by atoms with Crippen molar-refractivity contribution in [1.29, 1.82) is 0 Å². The van der Waals surface area contributed by atoms with E-state index in [9.17, 15) is 9.90 Å².